The van der Waals surface area contributed by atoms with Crippen LogP contribution < -0.4 is 40.8 Å². The number of hydrogen-bond acceptors (Lipinski definition) is 8. The average Bonchev–Trinajstić information content (AvgIpc) is 3.99. The molecular formula is C35H36B2O8. The van der Waals surface area contributed by atoms with E-state index in [-0.39, 0.29) is 19.0 Å². The SMILES string of the molecule is CC(OCOC(C)Oc1ccc([B]c2ccc(OCC3CO3)cc2)cc1)Oc1ccc([B]c2ccc(OCC3CO3)cc2)cc1. The van der Waals surface area contributed by atoms with Gasteiger partial charge in [0, 0.05) is 0 Å². The second-order valence-electron chi connectivity index (χ2n) is 10.9. The lowest BCUT2D eigenvalue weighted by Gasteiger charge is -2.19. The number of hydrogen-bond donors (Lipinski definition) is 0. The van der Waals surface area contributed by atoms with Crippen LogP contribution in [0, 0.1) is 0 Å². The van der Waals surface area contributed by atoms with Crippen molar-refractivity contribution < 1.29 is 37.9 Å². The molecule has 2 saturated heterocycles. The summed E-state index contributed by atoms with van der Waals surface area (Å²) in [5.41, 5.74) is 4.31. The van der Waals surface area contributed by atoms with E-state index in [1.54, 1.807) is 0 Å². The molecule has 2 aliphatic rings. The van der Waals surface area contributed by atoms with Crippen molar-refractivity contribution in [2.45, 2.75) is 38.6 Å². The summed E-state index contributed by atoms with van der Waals surface area (Å²) in [6.07, 6.45) is -0.496. The van der Waals surface area contributed by atoms with Crippen LogP contribution in [0.15, 0.2) is 97.1 Å². The summed E-state index contributed by atoms with van der Waals surface area (Å²) in [7, 11) is 4.19. The Morgan fingerprint density at radius 2 is 0.844 bits per heavy atom. The van der Waals surface area contributed by atoms with Crippen LogP contribution in [0.25, 0.3) is 0 Å². The Bertz CT molecular complexity index is 1350. The lowest BCUT2D eigenvalue weighted by molar-refractivity contribution is -0.196. The highest BCUT2D eigenvalue weighted by Gasteiger charge is 2.23. The summed E-state index contributed by atoms with van der Waals surface area (Å²) >= 11 is 0. The summed E-state index contributed by atoms with van der Waals surface area (Å²) in [5, 5.41) is 0. The molecule has 0 bridgehead atoms. The van der Waals surface area contributed by atoms with Crippen molar-refractivity contribution in [2.24, 2.45) is 0 Å². The highest BCUT2D eigenvalue weighted by molar-refractivity contribution is 6.67. The maximum atomic E-state index is 5.88. The van der Waals surface area contributed by atoms with E-state index in [2.05, 4.69) is 14.6 Å². The van der Waals surface area contributed by atoms with Gasteiger partial charge >= 0.3 is 0 Å². The van der Waals surface area contributed by atoms with E-state index in [1.165, 1.54) is 0 Å². The first-order valence-corrected chi connectivity index (χ1v) is 15.2. The van der Waals surface area contributed by atoms with Crippen LogP contribution in [-0.4, -0.2) is 72.6 Å². The Labute approximate surface area is 265 Å². The van der Waals surface area contributed by atoms with Crippen molar-refractivity contribution in [3.05, 3.63) is 97.1 Å². The van der Waals surface area contributed by atoms with E-state index < -0.39 is 12.6 Å². The van der Waals surface area contributed by atoms with Gasteiger partial charge in [-0.1, -0.05) is 70.4 Å². The maximum absolute atomic E-state index is 5.88. The van der Waals surface area contributed by atoms with Crippen molar-refractivity contribution >= 4 is 36.4 Å². The fourth-order valence-electron chi connectivity index (χ4n) is 4.38. The van der Waals surface area contributed by atoms with Gasteiger partial charge in [0.1, 0.15) is 48.4 Å². The van der Waals surface area contributed by atoms with Crippen molar-refractivity contribution in [3.63, 3.8) is 0 Å². The van der Waals surface area contributed by atoms with Gasteiger partial charge in [-0.2, -0.15) is 0 Å². The van der Waals surface area contributed by atoms with Crippen LogP contribution in [0.5, 0.6) is 23.0 Å². The third-order valence-corrected chi connectivity index (χ3v) is 7.07. The predicted octanol–water partition coefficient (Wildman–Crippen LogP) is 2.69. The second-order valence-corrected chi connectivity index (χ2v) is 10.9. The van der Waals surface area contributed by atoms with Crippen molar-refractivity contribution in [1.82, 2.24) is 0 Å². The molecule has 0 aliphatic carbocycles. The molecule has 0 aromatic heterocycles. The Balaban J connectivity index is 0.859. The summed E-state index contributed by atoms with van der Waals surface area (Å²) in [5.74, 6) is 3.11. The largest absolute Gasteiger partial charge is 0.491 e. The van der Waals surface area contributed by atoms with Crippen LogP contribution in [0.4, 0.5) is 0 Å². The minimum atomic E-state index is -0.497. The third kappa shape index (κ3) is 10.6. The van der Waals surface area contributed by atoms with Gasteiger partial charge in [-0.25, -0.2) is 0 Å². The first kappa shape index (κ1) is 31.0. The highest BCUT2D eigenvalue weighted by Crippen LogP contribution is 2.16. The maximum Gasteiger partial charge on any atom is 0.199 e. The molecule has 0 saturated carbocycles. The first-order valence-electron chi connectivity index (χ1n) is 15.2. The number of benzene rings is 4. The molecule has 0 spiro atoms. The first-order chi connectivity index (χ1) is 22.0. The summed E-state index contributed by atoms with van der Waals surface area (Å²) in [4.78, 5) is 0. The molecular weight excluding hydrogens is 570 g/mol. The van der Waals surface area contributed by atoms with Gasteiger partial charge in [0.2, 0.25) is 0 Å². The molecule has 8 nitrogen and oxygen atoms in total. The molecule has 45 heavy (non-hydrogen) atoms. The zero-order valence-electron chi connectivity index (χ0n) is 25.5. The summed E-state index contributed by atoms with van der Waals surface area (Å²) in [6, 6.07) is 31.7. The number of epoxide rings is 2. The number of ether oxygens (including phenoxy) is 8. The van der Waals surface area contributed by atoms with Crippen molar-refractivity contribution in [1.29, 1.82) is 0 Å². The van der Waals surface area contributed by atoms with E-state index in [9.17, 15) is 0 Å². The van der Waals surface area contributed by atoms with Crippen LogP contribution in [0.2, 0.25) is 0 Å². The van der Waals surface area contributed by atoms with Crippen LogP contribution in [0.3, 0.4) is 0 Å². The standard InChI is InChI=1S/C35H36B2O8/c1-24(44-32-15-7-28(8-16-32)36-26-3-11-30(12-4-26)38-19-34-21-40-34)42-23-43-25(2)45-33-17-9-29(10-18-33)37-27-5-13-31(14-6-27)39-20-35-22-41-35/h3-18,24-25,34-35H,19-23H2,1-2H3. The summed E-state index contributed by atoms with van der Waals surface area (Å²) < 4.78 is 44.9. The molecule has 230 valence electrons. The van der Waals surface area contributed by atoms with Gasteiger partial charge in [-0.05, 0) is 62.4 Å². The summed E-state index contributed by atoms with van der Waals surface area (Å²) in [6.45, 7) is 6.47. The zero-order chi connectivity index (χ0) is 30.8. The van der Waals surface area contributed by atoms with Gasteiger partial charge in [0.25, 0.3) is 0 Å². The lowest BCUT2D eigenvalue weighted by Crippen LogP contribution is -2.27. The van der Waals surface area contributed by atoms with Crippen LogP contribution in [-0.2, 0) is 18.9 Å². The zero-order valence-corrected chi connectivity index (χ0v) is 25.5. The van der Waals surface area contributed by atoms with Gasteiger partial charge < -0.3 is 37.9 Å². The molecule has 2 fully saturated rings. The molecule has 4 aromatic rings. The molecule has 6 rings (SSSR count). The molecule has 2 radical (unpaired) electrons. The minimum Gasteiger partial charge on any atom is -0.491 e. The molecule has 10 heteroatoms. The monoisotopic (exact) mass is 606 g/mol. The quantitative estimate of drug-likeness (QED) is 0.0973. The van der Waals surface area contributed by atoms with Crippen molar-refractivity contribution in [2.75, 3.05) is 33.2 Å². The molecule has 0 N–H and O–H groups in total. The number of rotatable bonds is 18. The third-order valence-electron chi connectivity index (χ3n) is 7.07. The van der Waals surface area contributed by atoms with Gasteiger partial charge in [0.05, 0.1) is 13.2 Å². The van der Waals surface area contributed by atoms with E-state index in [4.69, 9.17) is 37.9 Å². The topological polar surface area (TPSA) is 80.4 Å². The Kier molecular flexibility index (Phi) is 10.6. The highest BCUT2D eigenvalue weighted by atomic mass is 16.8. The average molecular weight is 606 g/mol. The molecule has 2 aliphatic heterocycles. The normalized spacial score (nSPS) is 17.9. The second kappa shape index (κ2) is 15.4. The fourth-order valence-corrected chi connectivity index (χ4v) is 4.38. The van der Waals surface area contributed by atoms with Gasteiger partial charge in [0.15, 0.2) is 33.9 Å². The van der Waals surface area contributed by atoms with Crippen LogP contribution in [0.1, 0.15) is 13.8 Å². The molecule has 4 atom stereocenters. The van der Waals surface area contributed by atoms with E-state index in [1.807, 2.05) is 111 Å². The minimum absolute atomic E-state index is 0.0286. The van der Waals surface area contributed by atoms with Crippen LogP contribution >= 0.6 is 0 Å². The smallest absolute Gasteiger partial charge is 0.199 e. The van der Waals surface area contributed by atoms with E-state index in [0.29, 0.717) is 24.7 Å². The van der Waals surface area contributed by atoms with Gasteiger partial charge in [-0.15, -0.1) is 0 Å². The fraction of sp³-hybridized carbons (Fsp3) is 0.314. The Hall–Kier alpha value is -3.95. The Morgan fingerprint density at radius 1 is 0.533 bits per heavy atom. The molecule has 0 amide bonds. The molecule has 2 heterocycles. The van der Waals surface area contributed by atoms with Gasteiger partial charge in [-0.3, -0.25) is 0 Å². The molecule has 4 unspecified atom stereocenters. The van der Waals surface area contributed by atoms with E-state index >= 15 is 0 Å². The molecule has 4 aromatic carbocycles. The van der Waals surface area contributed by atoms with E-state index in [0.717, 1.165) is 46.6 Å². The lowest BCUT2D eigenvalue weighted by atomic mass is 9.64. The predicted molar refractivity (Wildman–Crippen MR) is 173 cm³/mol. The Morgan fingerprint density at radius 3 is 1.16 bits per heavy atom. The van der Waals surface area contributed by atoms with Crippen molar-refractivity contribution in [3.8, 4) is 23.0 Å².